The molecule has 1 aromatic carbocycles. The summed E-state index contributed by atoms with van der Waals surface area (Å²) in [5, 5.41) is 4.49. The van der Waals surface area contributed by atoms with Gasteiger partial charge in [-0.15, -0.1) is 0 Å². The predicted octanol–water partition coefficient (Wildman–Crippen LogP) is 3.53. The molecule has 0 fully saturated rings. The molecule has 4 heteroatoms. The van der Waals surface area contributed by atoms with E-state index in [0.29, 0.717) is 16.6 Å². The summed E-state index contributed by atoms with van der Waals surface area (Å²) in [6, 6.07) is 5.51. The van der Waals surface area contributed by atoms with Gasteiger partial charge in [0.1, 0.15) is 0 Å². The van der Waals surface area contributed by atoms with Gasteiger partial charge in [0.2, 0.25) is 0 Å². The van der Waals surface area contributed by atoms with Crippen LogP contribution in [0.2, 0.25) is 10.0 Å². The second kappa shape index (κ2) is 5.06. The molecule has 84 valence electrons. The van der Waals surface area contributed by atoms with Gasteiger partial charge in [-0.1, -0.05) is 23.2 Å². The van der Waals surface area contributed by atoms with Crippen LogP contribution in [-0.4, -0.2) is 12.1 Å². The molecule has 15 heavy (non-hydrogen) atoms. The lowest BCUT2D eigenvalue weighted by Crippen LogP contribution is -2.33. The lowest BCUT2D eigenvalue weighted by atomic mass is 10.0. The van der Waals surface area contributed by atoms with Gasteiger partial charge in [0.05, 0.1) is 10.0 Å². The van der Waals surface area contributed by atoms with Gasteiger partial charge in [-0.25, -0.2) is 0 Å². The maximum absolute atomic E-state index is 5.92. The van der Waals surface area contributed by atoms with Crippen LogP contribution in [0.1, 0.15) is 20.3 Å². The third-order valence-corrected chi connectivity index (χ3v) is 2.91. The summed E-state index contributed by atoms with van der Waals surface area (Å²) in [6.07, 6.45) is 0.896. The second-order valence-electron chi connectivity index (χ2n) is 4.18. The molecular weight excluding hydrogens is 231 g/mol. The number of anilines is 1. The average Bonchev–Trinajstić information content (AvgIpc) is 2.10. The first-order valence-corrected chi connectivity index (χ1v) is 5.63. The summed E-state index contributed by atoms with van der Waals surface area (Å²) < 4.78 is 0. The first-order valence-electron chi connectivity index (χ1n) is 4.88. The summed E-state index contributed by atoms with van der Waals surface area (Å²) >= 11 is 11.8. The van der Waals surface area contributed by atoms with E-state index in [1.165, 1.54) is 0 Å². The van der Waals surface area contributed by atoms with Gasteiger partial charge in [-0.3, -0.25) is 0 Å². The van der Waals surface area contributed by atoms with Crippen LogP contribution < -0.4 is 11.1 Å². The highest BCUT2D eigenvalue weighted by atomic mass is 35.5. The fraction of sp³-hybridized carbons (Fsp3) is 0.455. The first-order chi connectivity index (χ1) is 6.94. The Morgan fingerprint density at radius 3 is 2.47 bits per heavy atom. The van der Waals surface area contributed by atoms with Crippen LogP contribution in [0.15, 0.2) is 18.2 Å². The fourth-order valence-corrected chi connectivity index (χ4v) is 1.69. The molecule has 0 bridgehead atoms. The Morgan fingerprint density at radius 2 is 1.93 bits per heavy atom. The molecule has 0 atom stereocenters. The Kier molecular flexibility index (Phi) is 4.26. The highest BCUT2D eigenvalue weighted by Crippen LogP contribution is 2.27. The van der Waals surface area contributed by atoms with Gasteiger partial charge in [0.15, 0.2) is 0 Å². The van der Waals surface area contributed by atoms with Gasteiger partial charge in [-0.2, -0.15) is 0 Å². The smallest absolute Gasteiger partial charge is 0.0612 e. The van der Waals surface area contributed by atoms with E-state index >= 15 is 0 Å². The fourth-order valence-electron chi connectivity index (χ4n) is 1.39. The Balaban J connectivity index is 2.76. The number of nitrogens with one attached hydrogen (secondary N) is 1. The van der Waals surface area contributed by atoms with E-state index in [-0.39, 0.29) is 5.54 Å². The summed E-state index contributed by atoms with van der Waals surface area (Å²) in [7, 11) is 0. The number of hydrogen-bond donors (Lipinski definition) is 2. The van der Waals surface area contributed by atoms with Gasteiger partial charge < -0.3 is 11.1 Å². The lowest BCUT2D eigenvalue weighted by Gasteiger charge is -2.27. The van der Waals surface area contributed by atoms with Crippen molar-refractivity contribution < 1.29 is 0 Å². The highest BCUT2D eigenvalue weighted by molar-refractivity contribution is 6.42. The zero-order chi connectivity index (χ0) is 11.5. The van der Waals surface area contributed by atoms with Crippen molar-refractivity contribution in [1.29, 1.82) is 0 Å². The third kappa shape index (κ3) is 3.90. The van der Waals surface area contributed by atoms with Crippen molar-refractivity contribution in [2.24, 2.45) is 5.73 Å². The van der Waals surface area contributed by atoms with E-state index in [2.05, 4.69) is 19.2 Å². The van der Waals surface area contributed by atoms with E-state index in [4.69, 9.17) is 28.9 Å². The summed E-state index contributed by atoms with van der Waals surface area (Å²) in [5.74, 6) is 0. The molecule has 0 saturated carbocycles. The Labute approximate surface area is 101 Å². The van der Waals surface area contributed by atoms with Gasteiger partial charge >= 0.3 is 0 Å². The van der Waals surface area contributed by atoms with Crippen molar-refractivity contribution >= 4 is 28.9 Å². The molecule has 0 aromatic heterocycles. The molecule has 2 nitrogen and oxygen atoms in total. The van der Waals surface area contributed by atoms with Crippen LogP contribution in [0.3, 0.4) is 0 Å². The molecule has 0 aliphatic rings. The molecule has 0 radical (unpaired) electrons. The standard InChI is InChI=1S/C11H16Cl2N2/c1-11(2,5-6-14)15-8-3-4-9(12)10(13)7-8/h3-4,7,15H,5-6,14H2,1-2H3. The van der Waals surface area contributed by atoms with Crippen molar-refractivity contribution in [2.75, 3.05) is 11.9 Å². The van der Waals surface area contributed by atoms with E-state index in [9.17, 15) is 0 Å². The van der Waals surface area contributed by atoms with Crippen LogP contribution in [0.25, 0.3) is 0 Å². The lowest BCUT2D eigenvalue weighted by molar-refractivity contribution is 0.526. The van der Waals surface area contributed by atoms with Crippen molar-refractivity contribution in [2.45, 2.75) is 25.8 Å². The SMILES string of the molecule is CC(C)(CCN)Nc1ccc(Cl)c(Cl)c1. The van der Waals surface area contributed by atoms with Crippen molar-refractivity contribution in [3.63, 3.8) is 0 Å². The number of rotatable bonds is 4. The maximum Gasteiger partial charge on any atom is 0.0612 e. The minimum Gasteiger partial charge on any atom is -0.380 e. The van der Waals surface area contributed by atoms with Crippen molar-refractivity contribution in [1.82, 2.24) is 0 Å². The van der Waals surface area contributed by atoms with Crippen LogP contribution in [0.4, 0.5) is 5.69 Å². The summed E-state index contributed by atoms with van der Waals surface area (Å²) in [6.45, 7) is 4.85. The quantitative estimate of drug-likeness (QED) is 0.854. The molecule has 1 rings (SSSR count). The third-order valence-electron chi connectivity index (χ3n) is 2.17. The Morgan fingerprint density at radius 1 is 1.27 bits per heavy atom. The van der Waals surface area contributed by atoms with Crippen LogP contribution in [0.5, 0.6) is 0 Å². The van der Waals surface area contributed by atoms with Crippen LogP contribution in [-0.2, 0) is 0 Å². The van der Waals surface area contributed by atoms with E-state index < -0.39 is 0 Å². The largest absolute Gasteiger partial charge is 0.380 e. The molecule has 0 amide bonds. The van der Waals surface area contributed by atoms with Crippen molar-refractivity contribution in [3.8, 4) is 0 Å². The molecule has 0 saturated heterocycles. The zero-order valence-electron chi connectivity index (χ0n) is 8.98. The van der Waals surface area contributed by atoms with E-state index in [1.807, 2.05) is 12.1 Å². The minimum atomic E-state index is -0.0358. The molecular formula is C11H16Cl2N2. The summed E-state index contributed by atoms with van der Waals surface area (Å²) in [5.41, 5.74) is 6.46. The molecule has 3 N–H and O–H groups in total. The second-order valence-corrected chi connectivity index (χ2v) is 4.99. The van der Waals surface area contributed by atoms with Crippen LogP contribution in [0, 0.1) is 0 Å². The number of benzene rings is 1. The predicted molar refractivity (Wildman–Crippen MR) is 67.8 cm³/mol. The molecule has 0 aliphatic carbocycles. The van der Waals surface area contributed by atoms with Crippen LogP contribution >= 0.6 is 23.2 Å². The minimum absolute atomic E-state index is 0.0358. The normalized spacial score (nSPS) is 11.5. The molecule has 1 aromatic rings. The topological polar surface area (TPSA) is 38.0 Å². The maximum atomic E-state index is 5.92. The van der Waals surface area contributed by atoms with Gasteiger partial charge in [0, 0.05) is 11.2 Å². The van der Waals surface area contributed by atoms with E-state index in [0.717, 1.165) is 12.1 Å². The highest BCUT2D eigenvalue weighted by Gasteiger charge is 2.16. The van der Waals surface area contributed by atoms with Crippen molar-refractivity contribution in [3.05, 3.63) is 28.2 Å². The Hall–Kier alpha value is -0.440. The molecule has 0 heterocycles. The van der Waals surface area contributed by atoms with Gasteiger partial charge in [0.25, 0.3) is 0 Å². The summed E-state index contributed by atoms with van der Waals surface area (Å²) in [4.78, 5) is 0. The Bertz CT molecular complexity index is 337. The molecule has 0 unspecified atom stereocenters. The molecule has 0 aliphatic heterocycles. The average molecular weight is 247 g/mol. The monoisotopic (exact) mass is 246 g/mol. The first kappa shape index (κ1) is 12.6. The number of halogens is 2. The molecule has 0 spiro atoms. The number of hydrogen-bond acceptors (Lipinski definition) is 2. The number of nitrogens with two attached hydrogens (primary N) is 1. The van der Waals surface area contributed by atoms with Gasteiger partial charge in [-0.05, 0) is 45.0 Å². The zero-order valence-corrected chi connectivity index (χ0v) is 10.5. The van der Waals surface area contributed by atoms with E-state index in [1.54, 1.807) is 6.07 Å².